The maximum atomic E-state index is 12.8. The van der Waals surface area contributed by atoms with Crippen LogP contribution < -0.4 is 5.43 Å². The van der Waals surface area contributed by atoms with Crippen LogP contribution in [0.2, 0.25) is 5.02 Å². The Bertz CT molecular complexity index is 629. The fourth-order valence-electron chi connectivity index (χ4n) is 2.27. The van der Waals surface area contributed by atoms with E-state index in [-0.39, 0.29) is 23.2 Å². The smallest absolute Gasteiger partial charge is 0.416 e. The third-order valence-corrected chi connectivity index (χ3v) is 3.77. The first-order valence-corrected chi connectivity index (χ1v) is 7.83. The summed E-state index contributed by atoms with van der Waals surface area (Å²) < 4.78 is 43.3. The van der Waals surface area contributed by atoms with Crippen molar-refractivity contribution in [3.63, 3.8) is 0 Å². The van der Waals surface area contributed by atoms with E-state index in [0.29, 0.717) is 13.1 Å². The topological polar surface area (TPSA) is 53.9 Å². The predicted molar refractivity (Wildman–Crippen MR) is 85.0 cm³/mol. The molecular weight excluding hydrogens is 347 g/mol. The van der Waals surface area contributed by atoms with Gasteiger partial charge in [-0.1, -0.05) is 11.6 Å². The number of carbonyl (C=O) groups excluding carboxylic acids is 1. The molecule has 0 radical (unpaired) electrons. The first kappa shape index (κ1) is 18.4. The van der Waals surface area contributed by atoms with Crippen LogP contribution in [0.15, 0.2) is 23.3 Å². The largest absolute Gasteiger partial charge is 0.460 e. The number of benzene rings is 1. The zero-order valence-corrected chi connectivity index (χ0v) is 13.7. The van der Waals surface area contributed by atoms with Crippen molar-refractivity contribution in [2.24, 2.45) is 5.10 Å². The normalized spacial score (nSPS) is 15.5. The number of amidine groups is 1. The molecule has 1 heterocycles. The van der Waals surface area contributed by atoms with Crippen LogP contribution in [0.3, 0.4) is 0 Å². The molecule has 2 rings (SSSR count). The molecule has 0 atom stereocenters. The Morgan fingerprint density at radius 3 is 2.62 bits per heavy atom. The van der Waals surface area contributed by atoms with Crippen molar-refractivity contribution < 1.29 is 22.7 Å². The van der Waals surface area contributed by atoms with Crippen LogP contribution in [0.1, 0.15) is 25.3 Å². The van der Waals surface area contributed by atoms with E-state index in [1.807, 2.05) is 0 Å². The lowest BCUT2D eigenvalue weighted by Gasteiger charge is -2.18. The number of nitrogens with zero attached hydrogens (tertiary/aromatic N) is 2. The molecule has 1 saturated heterocycles. The molecular formula is C15H17ClF3N3O2. The van der Waals surface area contributed by atoms with E-state index in [1.165, 1.54) is 0 Å². The number of anilines is 1. The first-order chi connectivity index (χ1) is 11.3. The number of nitrogens with one attached hydrogen (secondary N) is 1. The zero-order valence-electron chi connectivity index (χ0n) is 13.0. The minimum atomic E-state index is -4.50. The van der Waals surface area contributed by atoms with Crippen LogP contribution in [0, 0.1) is 0 Å². The highest BCUT2D eigenvalue weighted by molar-refractivity contribution is 6.35. The van der Waals surface area contributed by atoms with Gasteiger partial charge in [-0.05, 0) is 38.0 Å². The van der Waals surface area contributed by atoms with Crippen LogP contribution in [0.5, 0.6) is 0 Å². The third-order valence-electron chi connectivity index (χ3n) is 3.44. The van der Waals surface area contributed by atoms with Gasteiger partial charge in [0.2, 0.25) is 5.84 Å². The molecule has 0 aromatic heterocycles. The van der Waals surface area contributed by atoms with Gasteiger partial charge in [0.05, 0.1) is 22.9 Å². The number of hydrogen-bond donors (Lipinski definition) is 1. The Balaban J connectivity index is 2.26. The molecule has 1 aromatic rings. The standard InChI is InChI=1S/C15H17ClF3N3O2/c1-2-24-14(23)13(22-7-3-4-8-22)21-20-12-9-10(15(17,18)19)5-6-11(12)16/h5-6,9,20H,2-4,7-8H2,1H3. The molecule has 132 valence electrons. The Morgan fingerprint density at radius 1 is 1.38 bits per heavy atom. The van der Waals surface area contributed by atoms with Crippen molar-refractivity contribution >= 4 is 29.1 Å². The van der Waals surface area contributed by atoms with Crippen LogP contribution in [0.4, 0.5) is 18.9 Å². The zero-order chi connectivity index (χ0) is 17.7. The highest BCUT2D eigenvalue weighted by atomic mass is 35.5. The summed E-state index contributed by atoms with van der Waals surface area (Å²) >= 11 is 5.90. The highest BCUT2D eigenvalue weighted by Gasteiger charge is 2.31. The van der Waals surface area contributed by atoms with Crippen molar-refractivity contribution in [3.8, 4) is 0 Å². The van der Waals surface area contributed by atoms with Gasteiger partial charge in [-0.3, -0.25) is 5.43 Å². The van der Waals surface area contributed by atoms with Crippen molar-refractivity contribution in [1.29, 1.82) is 0 Å². The Hall–Kier alpha value is -1.96. The van der Waals surface area contributed by atoms with Crippen molar-refractivity contribution in [2.45, 2.75) is 25.9 Å². The second kappa shape index (κ2) is 7.74. The van der Waals surface area contributed by atoms with E-state index in [9.17, 15) is 18.0 Å². The fraction of sp³-hybridized carbons (Fsp3) is 0.467. The predicted octanol–water partition coefficient (Wildman–Crippen LogP) is 3.74. The summed E-state index contributed by atoms with van der Waals surface area (Å²) in [6.45, 7) is 3.11. The second-order valence-electron chi connectivity index (χ2n) is 5.15. The van der Waals surface area contributed by atoms with Gasteiger partial charge < -0.3 is 9.64 Å². The van der Waals surface area contributed by atoms with Gasteiger partial charge in [0.25, 0.3) is 0 Å². The average molecular weight is 364 g/mol. The summed E-state index contributed by atoms with van der Waals surface area (Å²) in [5.41, 5.74) is 1.56. The van der Waals surface area contributed by atoms with Crippen molar-refractivity contribution in [2.75, 3.05) is 25.1 Å². The number of halogens is 4. The first-order valence-electron chi connectivity index (χ1n) is 7.45. The molecule has 0 saturated carbocycles. The summed E-state index contributed by atoms with van der Waals surface area (Å²) in [6.07, 6.45) is -2.69. The van der Waals surface area contributed by atoms with Gasteiger partial charge in [-0.2, -0.15) is 13.2 Å². The van der Waals surface area contributed by atoms with E-state index in [0.717, 1.165) is 31.0 Å². The second-order valence-corrected chi connectivity index (χ2v) is 5.56. The number of hydrogen-bond acceptors (Lipinski definition) is 4. The molecule has 1 aliphatic rings. The van der Waals surface area contributed by atoms with Crippen LogP contribution >= 0.6 is 11.6 Å². The molecule has 1 aliphatic heterocycles. The summed E-state index contributed by atoms with van der Waals surface area (Å²) in [7, 11) is 0. The summed E-state index contributed by atoms with van der Waals surface area (Å²) in [6, 6.07) is 2.85. The molecule has 1 N–H and O–H groups in total. The van der Waals surface area contributed by atoms with Gasteiger partial charge in [0, 0.05) is 13.1 Å². The Morgan fingerprint density at radius 2 is 2.04 bits per heavy atom. The Kier molecular flexibility index (Phi) is 5.93. The van der Waals surface area contributed by atoms with E-state index in [4.69, 9.17) is 16.3 Å². The number of carbonyl (C=O) groups is 1. The van der Waals surface area contributed by atoms with E-state index in [2.05, 4.69) is 10.5 Å². The van der Waals surface area contributed by atoms with E-state index < -0.39 is 17.7 Å². The number of alkyl halides is 3. The third kappa shape index (κ3) is 4.53. The van der Waals surface area contributed by atoms with Gasteiger partial charge >= 0.3 is 12.1 Å². The lowest BCUT2D eigenvalue weighted by Crippen LogP contribution is -2.36. The molecule has 0 unspecified atom stereocenters. The lowest BCUT2D eigenvalue weighted by molar-refractivity contribution is -0.137. The molecule has 1 aromatic carbocycles. The molecule has 5 nitrogen and oxygen atoms in total. The van der Waals surface area contributed by atoms with Gasteiger partial charge in [-0.25, -0.2) is 4.79 Å². The van der Waals surface area contributed by atoms with Crippen LogP contribution in [-0.4, -0.2) is 36.4 Å². The summed E-state index contributed by atoms with van der Waals surface area (Å²) in [5, 5.41) is 4.01. The van der Waals surface area contributed by atoms with Crippen LogP contribution in [-0.2, 0) is 15.7 Å². The number of likely N-dealkylation sites (tertiary alicyclic amines) is 1. The van der Waals surface area contributed by atoms with Crippen molar-refractivity contribution in [1.82, 2.24) is 4.90 Å². The van der Waals surface area contributed by atoms with Gasteiger partial charge in [0.1, 0.15) is 0 Å². The summed E-state index contributed by atoms with van der Waals surface area (Å²) in [5.74, 6) is -0.599. The van der Waals surface area contributed by atoms with Crippen molar-refractivity contribution in [3.05, 3.63) is 28.8 Å². The molecule has 0 aliphatic carbocycles. The van der Waals surface area contributed by atoms with Gasteiger partial charge in [-0.15, -0.1) is 5.10 Å². The minimum Gasteiger partial charge on any atom is -0.460 e. The summed E-state index contributed by atoms with van der Waals surface area (Å²) in [4.78, 5) is 13.7. The van der Waals surface area contributed by atoms with E-state index >= 15 is 0 Å². The monoisotopic (exact) mass is 363 g/mol. The van der Waals surface area contributed by atoms with Gasteiger partial charge in [0.15, 0.2) is 0 Å². The molecule has 0 amide bonds. The SMILES string of the molecule is CCOC(=O)C(=NNc1cc(C(F)(F)F)ccc1Cl)N1CCCC1. The molecule has 24 heavy (non-hydrogen) atoms. The fourth-order valence-corrected chi connectivity index (χ4v) is 2.43. The maximum Gasteiger partial charge on any atom is 0.416 e. The highest BCUT2D eigenvalue weighted by Crippen LogP contribution is 2.33. The molecule has 1 fully saturated rings. The Labute approximate surface area is 142 Å². The molecule has 0 spiro atoms. The number of ether oxygens (including phenoxy) is 1. The molecule has 9 heteroatoms. The lowest BCUT2D eigenvalue weighted by atomic mass is 10.2. The number of esters is 1. The van der Waals surface area contributed by atoms with Crippen LogP contribution in [0.25, 0.3) is 0 Å². The van der Waals surface area contributed by atoms with E-state index in [1.54, 1.807) is 11.8 Å². The quantitative estimate of drug-likeness (QED) is 0.384. The number of rotatable bonds is 3. The molecule has 0 bridgehead atoms. The number of hydrazone groups is 1. The average Bonchev–Trinajstić information content (AvgIpc) is 3.02. The minimum absolute atomic E-state index is 0.0304. The maximum absolute atomic E-state index is 12.8.